The van der Waals surface area contributed by atoms with Crippen LogP contribution in [0.4, 0.5) is 4.39 Å². The standard InChI is InChI=1S/C14H15FN2/c1-10-6-7-11(9-12(10)15)14(16-2)13-5-3-4-8-17-13/h3-9,14,16H,1-2H3. The highest BCUT2D eigenvalue weighted by Crippen LogP contribution is 2.21. The highest BCUT2D eigenvalue weighted by atomic mass is 19.1. The van der Waals surface area contributed by atoms with Crippen LogP contribution >= 0.6 is 0 Å². The molecular weight excluding hydrogens is 215 g/mol. The fourth-order valence-electron chi connectivity index (χ4n) is 1.82. The van der Waals surface area contributed by atoms with Gasteiger partial charge < -0.3 is 5.32 Å². The molecule has 3 heteroatoms. The number of aryl methyl sites for hydroxylation is 1. The zero-order valence-electron chi connectivity index (χ0n) is 9.94. The molecule has 0 fully saturated rings. The zero-order chi connectivity index (χ0) is 12.3. The normalized spacial score (nSPS) is 12.4. The topological polar surface area (TPSA) is 24.9 Å². The summed E-state index contributed by atoms with van der Waals surface area (Å²) in [5.41, 5.74) is 2.43. The number of nitrogens with zero attached hydrogens (tertiary/aromatic N) is 1. The van der Waals surface area contributed by atoms with Crippen LogP contribution < -0.4 is 5.32 Å². The Morgan fingerprint density at radius 1 is 1.24 bits per heavy atom. The van der Waals surface area contributed by atoms with Crippen molar-refractivity contribution in [1.82, 2.24) is 10.3 Å². The van der Waals surface area contributed by atoms with Crippen molar-refractivity contribution in [3.8, 4) is 0 Å². The molecule has 1 aromatic heterocycles. The third kappa shape index (κ3) is 2.50. The number of hydrogen-bond donors (Lipinski definition) is 1. The largest absolute Gasteiger partial charge is 0.308 e. The van der Waals surface area contributed by atoms with E-state index in [-0.39, 0.29) is 11.9 Å². The smallest absolute Gasteiger partial charge is 0.126 e. The molecule has 0 radical (unpaired) electrons. The van der Waals surface area contributed by atoms with E-state index in [9.17, 15) is 4.39 Å². The minimum atomic E-state index is -0.182. The van der Waals surface area contributed by atoms with Gasteiger partial charge in [-0.1, -0.05) is 18.2 Å². The molecule has 0 bridgehead atoms. The van der Waals surface area contributed by atoms with Gasteiger partial charge in [0.1, 0.15) is 5.82 Å². The lowest BCUT2D eigenvalue weighted by atomic mass is 10.0. The minimum Gasteiger partial charge on any atom is -0.308 e. The molecule has 17 heavy (non-hydrogen) atoms. The first-order valence-corrected chi connectivity index (χ1v) is 5.56. The fourth-order valence-corrected chi connectivity index (χ4v) is 1.82. The van der Waals surface area contributed by atoms with Crippen LogP contribution in [0.15, 0.2) is 42.6 Å². The molecule has 0 saturated carbocycles. The molecule has 1 aromatic carbocycles. The second-order valence-corrected chi connectivity index (χ2v) is 3.98. The second kappa shape index (κ2) is 5.06. The summed E-state index contributed by atoms with van der Waals surface area (Å²) < 4.78 is 13.5. The average Bonchev–Trinajstić information content (AvgIpc) is 2.36. The van der Waals surface area contributed by atoms with Crippen molar-refractivity contribution in [1.29, 1.82) is 0 Å². The number of halogens is 1. The van der Waals surface area contributed by atoms with Crippen LogP contribution in [0.25, 0.3) is 0 Å². The van der Waals surface area contributed by atoms with Crippen LogP contribution in [0.5, 0.6) is 0 Å². The summed E-state index contributed by atoms with van der Waals surface area (Å²) in [6.45, 7) is 1.76. The molecule has 2 rings (SSSR count). The Bertz CT molecular complexity index is 497. The molecule has 1 heterocycles. The summed E-state index contributed by atoms with van der Waals surface area (Å²) in [5.74, 6) is -0.182. The monoisotopic (exact) mass is 230 g/mol. The summed E-state index contributed by atoms with van der Waals surface area (Å²) in [5, 5.41) is 3.15. The van der Waals surface area contributed by atoms with Crippen LogP contribution in [-0.2, 0) is 0 Å². The number of aromatic nitrogens is 1. The highest BCUT2D eigenvalue weighted by molar-refractivity contribution is 5.31. The van der Waals surface area contributed by atoms with Crippen molar-refractivity contribution in [2.45, 2.75) is 13.0 Å². The maximum Gasteiger partial charge on any atom is 0.126 e. The molecule has 0 aliphatic heterocycles. The molecular formula is C14H15FN2. The van der Waals surface area contributed by atoms with Gasteiger partial charge in [-0.05, 0) is 43.3 Å². The molecule has 0 spiro atoms. The van der Waals surface area contributed by atoms with Gasteiger partial charge in [-0.15, -0.1) is 0 Å². The van der Waals surface area contributed by atoms with Gasteiger partial charge in [0.15, 0.2) is 0 Å². The van der Waals surface area contributed by atoms with Gasteiger partial charge in [-0.3, -0.25) is 4.98 Å². The van der Waals surface area contributed by atoms with Crippen molar-refractivity contribution < 1.29 is 4.39 Å². The van der Waals surface area contributed by atoms with E-state index in [0.29, 0.717) is 5.56 Å². The first-order chi connectivity index (χ1) is 8.22. The molecule has 0 amide bonds. The number of pyridine rings is 1. The third-order valence-electron chi connectivity index (χ3n) is 2.80. The highest BCUT2D eigenvalue weighted by Gasteiger charge is 2.13. The molecule has 1 atom stereocenters. The Balaban J connectivity index is 2.39. The Morgan fingerprint density at radius 2 is 2.06 bits per heavy atom. The fraction of sp³-hybridized carbons (Fsp3) is 0.214. The van der Waals surface area contributed by atoms with Crippen molar-refractivity contribution in [2.75, 3.05) is 7.05 Å². The van der Waals surface area contributed by atoms with E-state index < -0.39 is 0 Å². The number of hydrogen-bond acceptors (Lipinski definition) is 2. The molecule has 1 N–H and O–H groups in total. The summed E-state index contributed by atoms with van der Waals surface area (Å²) in [6, 6.07) is 10.9. The molecule has 0 saturated heterocycles. The maximum absolute atomic E-state index is 13.5. The SMILES string of the molecule is CNC(c1ccc(C)c(F)c1)c1ccccn1. The zero-order valence-corrected chi connectivity index (χ0v) is 9.94. The Hall–Kier alpha value is -1.74. The van der Waals surface area contributed by atoms with E-state index in [2.05, 4.69) is 10.3 Å². The number of rotatable bonds is 3. The lowest BCUT2D eigenvalue weighted by molar-refractivity contribution is 0.606. The third-order valence-corrected chi connectivity index (χ3v) is 2.80. The first-order valence-electron chi connectivity index (χ1n) is 5.56. The van der Waals surface area contributed by atoms with Gasteiger partial charge in [0.05, 0.1) is 11.7 Å². The van der Waals surface area contributed by atoms with Gasteiger partial charge in [-0.25, -0.2) is 4.39 Å². The average molecular weight is 230 g/mol. The van der Waals surface area contributed by atoms with Crippen LogP contribution in [0, 0.1) is 12.7 Å². The van der Waals surface area contributed by atoms with Gasteiger partial charge in [0.2, 0.25) is 0 Å². The predicted octanol–water partition coefficient (Wildman–Crippen LogP) is 2.84. The molecule has 88 valence electrons. The molecule has 0 aliphatic carbocycles. The van der Waals surface area contributed by atoms with Crippen molar-refractivity contribution in [2.24, 2.45) is 0 Å². The molecule has 2 nitrogen and oxygen atoms in total. The quantitative estimate of drug-likeness (QED) is 0.877. The van der Waals surface area contributed by atoms with Gasteiger partial charge >= 0.3 is 0 Å². The van der Waals surface area contributed by atoms with E-state index in [0.717, 1.165) is 11.3 Å². The number of nitrogens with one attached hydrogen (secondary N) is 1. The summed E-state index contributed by atoms with van der Waals surface area (Å²) in [4.78, 5) is 4.29. The van der Waals surface area contributed by atoms with Crippen LogP contribution in [0.3, 0.4) is 0 Å². The van der Waals surface area contributed by atoms with E-state index >= 15 is 0 Å². The van der Waals surface area contributed by atoms with E-state index in [4.69, 9.17) is 0 Å². The molecule has 2 aromatic rings. The lowest BCUT2D eigenvalue weighted by Crippen LogP contribution is -2.19. The summed E-state index contributed by atoms with van der Waals surface area (Å²) in [7, 11) is 1.84. The summed E-state index contributed by atoms with van der Waals surface area (Å²) >= 11 is 0. The summed E-state index contributed by atoms with van der Waals surface area (Å²) in [6.07, 6.45) is 1.74. The Kier molecular flexibility index (Phi) is 3.49. The maximum atomic E-state index is 13.5. The van der Waals surface area contributed by atoms with Crippen molar-refractivity contribution in [3.05, 3.63) is 65.2 Å². The van der Waals surface area contributed by atoms with Crippen LogP contribution in [0.2, 0.25) is 0 Å². The number of benzene rings is 1. The van der Waals surface area contributed by atoms with Crippen molar-refractivity contribution in [3.63, 3.8) is 0 Å². The molecule has 1 unspecified atom stereocenters. The van der Waals surface area contributed by atoms with E-state index in [1.165, 1.54) is 0 Å². The van der Waals surface area contributed by atoms with E-state index in [1.54, 1.807) is 25.3 Å². The van der Waals surface area contributed by atoms with Crippen LogP contribution in [-0.4, -0.2) is 12.0 Å². The van der Waals surface area contributed by atoms with Gasteiger partial charge in [0, 0.05) is 6.20 Å². The lowest BCUT2D eigenvalue weighted by Gasteiger charge is -2.16. The Labute approximate surface area is 101 Å². The predicted molar refractivity (Wildman–Crippen MR) is 66.3 cm³/mol. The first kappa shape index (κ1) is 11.7. The Morgan fingerprint density at radius 3 is 2.65 bits per heavy atom. The van der Waals surface area contributed by atoms with E-state index in [1.807, 2.05) is 31.3 Å². The minimum absolute atomic E-state index is 0.0775. The van der Waals surface area contributed by atoms with Gasteiger partial charge in [0.25, 0.3) is 0 Å². The van der Waals surface area contributed by atoms with Crippen LogP contribution in [0.1, 0.15) is 22.9 Å². The van der Waals surface area contributed by atoms with Crippen molar-refractivity contribution >= 4 is 0 Å². The van der Waals surface area contributed by atoms with Gasteiger partial charge in [-0.2, -0.15) is 0 Å². The second-order valence-electron chi connectivity index (χ2n) is 3.98. The molecule has 0 aliphatic rings.